The van der Waals surface area contributed by atoms with Crippen molar-refractivity contribution in [3.05, 3.63) is 87.9 Å². The van der Waals surface area contributed by atoms with Crippen LogP contribution >= 0.6 is 23.2 Å². The van der Waals surface area contributed by atoms with Crippen molar-refractivity contribution in [1.29, 1.82) is 0 Å². The van der Waals surface area contributed by atoms with Gasteiger partial charge in [0, 0.05) is 29.6 Å². The number of carbonyl (C=O) groups excluding carboxylic acids is 1. The number of hydrogen-bond acceptors (Lipinski definition) is 5. The molecule has 2 amide bonds. The van der Waals surface area contributed by atoms with Crippen molar-refractivity contribution in [2.75, 3.05) is 38.2 Å². The number of carboxylic acids is 1. The van der Waals surface area contributed by atoms with Crippen LogP contribution in [0.25, 0.3) is 0 Å². The third kappa shape index (κ3) is 11.2. The molecular weight excluding hydrogens is 612 g/mol. The summed E-state index contributed by atoms with van der Waals surface area (Å²) in [7, 11) is 0. The molecule has 3 aromatic carbocycles. The zero-order valence-corrected chi connectivity index (χ0v) is 24.7. The smallest absolute Gasteiger partial charge is 0.418 e. The Hall–Kier alpha value is -3.67. The number of para-hydroxylation sites is 1. The lowest BCUT2D eigenvalue weighted by Gasteiger charge is -2.24. The fraction of sp³-hybridized carbons (Fsp3) is 0.333. The number of amides is 2. The molecule has 0 heterocycles. The number of carbonyl (C=O) groups is 2. The molecule has 0 spiro atoms. The second-order valence-corrected chi connectivity index (χ2v) is 10.1. The summed E-state index contributed by atoms with van der Waals surface area (Å²) in [6.07, 6.45) is -5.09. The molecule has 13 heteroatoms. The number of carboxylic acid groups (broad SMARTS) is 1. The molecule has 0 aliphatic heterocycles. The van der Waals surface area contributed by atoms with E-state index < -0.39 is 29.8 Å². The molecule has 0 aliphatic carbocycles. The lowest BCUT2D eigenvalue weighted by Crippen LogP contribution is -2.39. The van der Waals surface area contributed by atoms with E-state index in [9.17, 15) is 27.9 Å². The number of ether oxygens (including phenoxy) is 3. The minimum Gasteiger partial charge on any atom is -0.493 e. The van der Waals surface area contributed by atoms with E-state index in [0.29, 0.717) is 28.0 Å². The van der Waals surface area contributed by atoms with E-state index in [2.05, 4.69) is 5.32 Å². The number of halogens is 5. The quantitative estimate of drug-likeness (QED) is 0.167. The van der Waals surface area contributed by atoms with Crippen molar-refractivity contribution < 1.29 is 42.1 Å². The number of rotatable bonds is 15. The lowest BCUT2D eigenvalue weighted by molar-refractivity contribution is -0.150. The molecule has 0 fully saturated rings. The van der Waals surface area contributed by atoms with Crippen LogP contribution in [-0.2, 0) is 22.1 Å². The van der Waals surface area contributed by atoms with Crippen molar-refractivity contribution in [3.63, 3.8) is 0 Å². The largest absolute Gasteiger partial charge is 0.493 e. The van der Waals surface area contributed by atoms with E-state index in [1.165, 1.54) is 23.1 Å². The maximum atomic E-state index is 13.5. The van der Waals surface area contributed by atoms with Crippen LogP contribution in [-0.4, -0.2) is 61.0 Å². The summed E-state index contributed by atoms with van der Waals surface area (Å²) in [5, 5.41) is 12.4. The number of aliphatic carboxylic acids is 1. The number of anilines is 1. The van der Waals surface area contributed by atoms with Gasteiger partial charge in [-0.15, -0.1) is 0 Å². The monoisotopic (exact) mass is 642 g/mol. The van der Waals surface area contributed by atoms with Crippen molar-refractivity contribution in [3.8, 4) is 11.5 Å². The number of alkyl halides is 3. The molecule has 8 nitrogen and oxygen atoms in total. The Morgan fingerprint density at radius 1 is 0.930 bits per heavy atom. The average molecular weight is 643 g/mol. The van der Waals surface area contributed by atoms with Gasteiger partial charge in [0.1, 0.15) is 18.1 Å². The zero-order valence-electron chi connectivity index (χ0n) is 23.2. The normalized spacial score (nSPS) is 12.0. The highest BCUT2D eigenvalue weighted by Gasteiger charge is 2.34. The van der Waals surface area contributed by atoms with E-state index in [0.717, 1.165) is 11.6 Å². The van der Waals surface area contributed by atoms with Crippen LogP contribution in [0.15, 0.2) is 66.7 Å². The topological polar surface area (TPSA) is 97.3 Å². The number of urea groups is 1. The summed E-state index contributed by atoms with van der Waals surface area (Å²) < 4.78 is 57.1. The summed E-state index contributed by atoms with van der Waals surface area (Å²) >= 11 is 12.0. The van der Waals surface area contributed by atoms with E-state index in [1.807, 2.05) is 0 Å². The van der Waals surface area contributed by atoms with Gasteiger partial charge in [0.25, 0.3) is 0 Å². The summed E-state index contributed by atoms with van der Waals surface area (Å²) in [6, 6.07) is 15.5. The second-order valence-electron chi connectivity index (χ2n) is 9.25. The van der Waals surface area contributed by atoms with E-state index in [-0.39, 0.29) is 45.0 Å². The molecule has 0 saturated heterocycles. The van der Waals surface area contributed by atoms with Crippen LogP contribution in [0, 0.1) is 0 Å². The van der Waals surface area contributed by atoms with Crippen molar-refractivity contribution in [1.82, 2.24) is 4.90 Å². The molecule has 2 N–H and O–H groups in total. The highest BCUT2D eigenvalue weighted by molar-refractivity contribution is 6.34. The molecule has 0 saturated carbocycles. The molecule has 1 unspecified atom stereocenters. The van der Waals surface area contributed by atoms with Crippen molar-refractivity contribution >= 4 is 40.9 Å². The Labute approximate surface area is 257 Å². The van der Waals surface area contributed by atoms with Crippen LogP contribution in [0.1, 0.15) is 24.5 Å². The Morgan fingerprint density at radius 2 is 1.58 bits per heavy atom. The third-order valence-electron chi connectivity index (χ3n) is 6.06. The van der Waals surface area contributed by atoms with Gasteiger partial charge in [0.2, 0.25) is 0 Å². The van der Waals surface area contributed by atoms with E-state index >= 15 is 0 Å². The molecule has 43 heavy (non-hydrogen) atoms. The van der Waals surface area contributed by atoms with Crippen LogP contribution < -0.4 is 14.8 Å². The van der Waals surface area contributed by atoms with Crippen LogP contribution in [0.4, 0.5) is 23.7 Å². The van der Waals surface area contributed by atoms with Crippen LogP contribution in [0.3, 0.4) is 0 Å². The molecule has 0 radical (unpaired) electrons. The van der Waals surface area contributed by atoms with Gasteiger partial charge in [-0.1, -0.05) is 47.5 Å². The summed E-state index contributed by atoms with van der Waals surface area (Å²) in [5.74, 6) is -0.147. The highest BCUT2D eigenvalue weighted by Crippen LogP contribution is 2.34. The standard InChI is InChI=1S/C30H31Cl2F3N2O6/c1-2-41-27(28(38)39)16-20-8-10-23(11-9-20)43-15-13-37(12-5-14-42-24-18-21(31)17-22(32)19-24)29(40)36-26-7-4-3-6-25(26)30(33,34)35/h3-4,6-11,17-19,27H,2,5,12-16H2,1H3,(H,36,40)(H,38,39). The Kier molecular flexibility index (Phi) is 12.8. The Bertz CT molecular complexity index is 1340. The van der Waals surface area contributed by atoms with Gasteiger partial charge < -0.3 is 29.5 Å². The first-order valence-corrected chi connectivity index (χ1v) is 14.1. The number of benzene rings is 3. The van der Waals surface area contributed by atoms with Gasteiger partial charge in [-0.2, -0.15) is 13.2 Å². The lowest BCUT2D eigenvalue weighted by atomic mass is 10.1. The summed E-state index contributed by atoms with van der Waals surface area (Å²) in [5.41, 5.74) is -0.591. The maximum absolute atomic E-state index is 13.5. The van der Waals surface area contributed by atoms with Crippen LogP contribution in [0.5, 0.6) is 11.5 Å². The van der Waals surface area contributed by atoms with Gasteiger partial charge in [-0.05, 0) is 61.4 Å². The molecule has 1 atom stereocenters. The molecule has 0 bridgehead atoms. The average Bonchev–Trinajstić information content (AvgIpc) is 2.94. The fourth-order valence-electron chi connectivity index (χ4n) is 4.03. The van der Waals surface area contributed by atoms with Gasteiger partial charge in [-0.25, -0.2) is 9.59 Å². The first kappa shape index (κ1) is 33.8. The SMILES string of the molecule is CCOC(Cc1ccc(OCCN(CCCOc2cc(Cl)cc(Cl)c2)C(=O)Nc2ccccc2C(F)(F)F)cc1)C(=O)O. The van der Waals surface area contributed by atoms with Gasteiger partial charge in [-0.3, -0.25) is 0 Å². The Morgan fingerprint density at radius 3 is 2.21 bits per heavy atom. The van der Waals surface area contributed by atoms with Crippen LogP contribution in [0.2, 0.25) is 10.0 Å². The first-order valence-electron chi connectivity index (χ1n) is 13.3. The van der Waals surface area contributed by atoms with Gasteiger partial charge in [0.15, 0.2) is 6.10 Å². The highest BCUT2D eigenvalue weighted by atomic mass is 35.5. The third-order valence-corrected chi connectivity index (χ3v) is 6.49. The number of hydrogen-bond donors (Lipinski definition) is 2. The summed E-state index contributed by atoms with van der Waals surface area (Å²) in [4.78, 5) is 25.8. The molecule has 3 aromatic rings. The fourth-order valence-corrected chi connectivity index (χ4v) is 4.54. The van der Waals surface area contributed by atoms with Crippen molar-refractivity contribution in [2.24, 2.45) is 0 Å². The number of nitrogens with zero attached hydrogens (tertiary/aromatic N) is 1. The van der Waals surface area contributed by atoms with E-state index in [4.69, 9.17) is 37.4 Å². The predicted molar refractivity (Wildman–Crippen MR) is 157 cm³/mol. The minimum absolute atomic E-state index is 0.0368. The number of nitrogens with one attached hydrogen (secondary N) is 1. The molecule has 0 aliphatic rings. The van der Waals surface area contributed by atoms with Crippen molar-refractivity contribution in [2.45, 2.75) is 32.0 Å². The molecular formula is C30H31Cl2F3N2O6. The minimum atomic E-state index is -4.65. The second kappa shape index (κ2) is 16.3. The molecule has 3 rings (SSSR count). The Balaban J connectivity index is 1.63. The maximum Gasteiger partial charge on any atom is 0.418 e. The first-order chi connectivity index (χ1) is 20.5. The summed E-state index contributed by atoms with van der Waals surface area (Å²) in [6.45, 7) is 2.40. The van der Waals surface area contributed by atoms with Gasteiger partial charge >= 0.3 is 18.2 Å². The zero-order chi connectivity index (χ0) is 31.4. The predicted octanol–water partition coefficient (Wildman–Crippen LogP) is 7.43. The molecule has 232 valence electrons. The molecule has 0 aromatic heterocycles. The van der Waals surface area contributed by atoms with Gasteiger partial charge in [0.05, 0.1) is 24.4 Å². The van der Waals surface area contributed by atoms with E-state index in [1.54, 1.807) is 49.4 Å².